The van der Waals surface area contributed by atoms with E-state index in [9.17, 15) is 0 Å². The molecule has 12 nitrogen and oxygen atoms in total. The third-order valence-electron chi connectivity index (χ3n) is 6.38. The van der Waals surface area contributed by atoms with Crippen LogP contribution in [0.2, 0.25) is 0 Å². The fourth-order valence-corrected chi connectivity index (χ4v) is 5.52. The Balaban J connectivity index is 0.000000714. The number of nitrogens with zero attached hydrogens (tertiary/aromatic N) is 8. The zero-order valence-electron chi connectivity index (χ0n) is 23.0. The van der Waals surface area contributed by atoms with Gasteiger partial charge in [0.1, 0.15) is 23.8 Å². The van der Waals surface area contributed by atoms with E-state index in [-0.39, 0.29) is 0 Å². The molecule has 216 valence electrons. The van der Waals surface area contributed by atoms with Gasteiger partial charge in [-0.1, -0.05) is 0 Å². The predicted octanol–water partition coefficient (Wildman–Crippen LogP) is 4.89. The molecule has 0 aliphatic carbocycles. The number of aromatic nitrogens is 2. The van der Waals surface area contributed by atoms with E-state index < -0.39 is 10.4 Å². The molecule has 0 radical (unpaired) electrons. The minimum absolute atomic E-state index is 0.887. The van der Waals surface area contributed by atoms with Crippen LogP contribution < -0.4 is 18.9 Å². The van der Waals surface area contributed by atoms with Crippen molar-refractivity contribution in [2.24, 2.45) is 34.6 Å². The first-order chi connectivity index (χ1) is 19.5. The summed E-state index contributed by atoms with van der Waals surface area (Å²) in [6.07, 6.45) is 3.98. The molecule has 41 heavy (non-hydrogen) atoms. The lowest BCUT2D eigenvalue weighted by Crippen LogP contribution is -2.46. The Morgan fingerprint density at radius 2 is 1.07 bits per heavy atom. The largest absolute Gasteiger partial charge is 0.759 e. The van der Waals surface area contributed by atoms with Crippen LogP contribution in [-0.2, 0) is 24.5 Å². The first kappa shape index (κ1) is 30.3. The Hall–Kier alpha value is -3.63. The van der Waals surface area contributed by atoms with Gasteiger partial charge in [0.15, 0.2) is 0 Å². The van der Waals surface area contributed by atoms with E-state index >= 15 is 0 Å². The van der Waals surface area contributed by atoms with Gasteiger partial charge in [-0.05, 0) is 94.3 Å². The molecule has 2 aromatic heterocycles. The smallest absolute Gasteiger partial charge is 0.408 e. The molecule has 15 heteroatoms. The molecule has 0 amide bonds. The lowest BCUT2D eigenvalue weighted by atomic mass is 10.1. The van der Waals surface area contributed by atoms with Crippen LogP contribution in [0.15, 0.2) is 80.0 Å². The third kappa shape index (κ3) is 8.68. The van der Waals surface area contributed by atoms with Crippen molar-refractivity contribution in [2.75, 3.05) is 36.0 Å². The average molecular weight is 615 g/mol. The molecule has 5 rings (SSSR count). The standard InChI is InChI=1S/C26H30N8S2.H2O4S/c1-19-17-21(5-7-23(19)27-29-25-31(3)13-15-35-25)33-9-11-34(12-10-33)22-6-8-24(20(2)18-22)28-30-26-32(4)14-16-36-26;1-5(2,3)4/h5-8,13-18H,9-12H2,1-4H3;(H2,1,2,3,4)/q+2;/p-2. The number of hydrogen-bond donors (Lipinski definition) is 0. The Labute approximate surface area is 247 Å². The van der Waals surface area contributed by atoms with E-state index in [0.29, 0.717) is 0 Å². The number of rotatable bonds is 6. The highest BCUT2D eigenvalue weighted by Crippen LogP contribution is 2.30. The van der Waals surface area contributed by atoms with Gasteiger partial charge in [-0.3, -0.25) is 8.42 Å². The van der Waals surface area contributed by atoms with Crippen LogP contribution in [0.1, 0.15) is 11.1 Å². The maximum atomic E-state index is 8.52. The molecule has 0 saturated carbocycles. The summed E-state index contributed by atoms with van der Waals surface area (Å²) in [7, 11) is -1.21. The van der Waals surface area contributed by atoms with E-state index in [1.54, 1.807) is 22.7 Å². The summed E-state index contributed by atoms with van der Waals surface area (Å²) in [5, 5.41) is 23.5. The summed E-state index contributed by atoms with van der Waals surface area (Å²) >= 11 is 3.16. The van der Waals surface area contributed by atoms with Gasteiger partial charge in [0, 0.05) is 58.7 Å². The van der Waals surface area contributed by atoms with Gasteiger partial charge in [0.25, 0.3) is 0 Å². The van der Waals surface area contributed by atoms with E-state index in [1.807, 2.05) is 46.4 Å². The first-order valence-corrected chi connectivity index (χ1v) is 15.6. The van der Waals surface area contributed by atoms with E-state index in [0.717, 1.165) is 58.9 Å². The van der Waals surface area contributed by atoms with Crippen molar-refractivity contribution in [3.05, 3.63) is 70.7 Å². The molecule has 0 N–H and O–H groups in total. The molecule has 2 aromatic carbocycles. The van der Waals surface area contributed by atoms with Crippen molar-refractivity contribution in [3.8, 4) is 0 Å². The van der Waals surface area contributed by atoms with E-state index in [1.165, 1.54) is 11.4 Å². The Kier molecular flexibility index (Phi) is 9.88. The zero-order valence-corrected chi connectivity index (χ0v) is 25.5. The summed E-state index contributed by atoms with van der Waals surface area (Å²) in [5.41, 5.74) is 6.56. The molecule has 1 saturated heterocycles. The molecule has 0 atom stereocenters. The Morgan fingerprint density at radius 3 is 1.37 bits per heavy atom. The summed E-state index contributed by atoms with van der Waals surface area (Å²) in [6, 6.07) is 12.9. The zero-order chi connectivity index (χ0) is 29.6. The van der Waals surface area contributed by atoms with Crippen molar-refractivity contribution < 1.29 is 26.7 Å². The van der Waals surface area contributed by atoms with Gasteiger partial charge in [-0.15, -0.1) is 0 Å². The minimum atomic E-state index is -5.17. The normalized spacial score (nSPS) is 14.1. The van der Waals surface area contributed by atoms with Crippen LogP contribution in [0.4, 0.5) is 33.0 Å². The molecule has 1 fully saturated rings. The number of azo groups is 2. The van der Waals surface area contributed by atoms with E-state index in [2.05, 4.69) is 80.5 Å². The highest BCUT2D eigenvalue weighted by atomic mass is 32.3. The van der Waals surface area contributed by atoms with Gasteiger partial charge >= 0.3 is 10.3 Å². The molecular weight excluding hydrogens is 585 g/mol. The summed E-state index contributed by atoms with van der Waals surface area (Å²) < 4.78 is 38.0. The predicted molar refractivity (Wildman–Crippen MR) is 157 cm³/mol. The number of piperazine rings is 1. The molecule has 0 unspecified atom stereocenters. The highest BCUT2D eigenvalue weighted by Gasteiger charge is 2.19. The van der Waals surface area contributed by atoms with E-state index in [4.69, 9.17) is 17.5 Å². The SMILES string of the molecule is Cc1cc(N2CCN(c3ccc(N=Nc4scc[n+]4C)c(C)c3)CC2)ccc1N=Nc1scc[n+]1C.O=S(=O)([O-])[O-]. The minimum Gasteiger partial charge on any atom is -0.759 e. The first-order valence-electron chi connectivity index (χ1n) is 12.6. The third-order valence-corrected chi connectivity index (χ3v) is 8.05. The fraction of sp³-hybridized carbons (Fsp3) is 0.308. The Morgan fingerprint density at radius 1 is 0.707 bits per heavy atom. The maximum absolute atomic E-state index is 8.52. The second-order valence-corrected chi connectivity index (χ2v) is 11.9. The molecule has 4 aromatic rings. The summed E-state index contributed by atoms with van der Waals surface area (Å²) in [4.78, 5) is 4.89. The number of aryl methyl sites for hydroxylation is 4. The molecule has 1 aliphatic rings. The van der Waals surface area contributed by atoms with Crippen LogP contribution in [0.5, 0.6) is 0 Å². The summed E-state index contributed by atoms with van der Waals surface area (Å²) in [6.45, 7) is 8.09. The van der Waals surface area contributed by atoms with Crippen molar-refractivity contribution in [2.45, 2.75) is 13.8 Å². The Bertz CT molecular complexity index is 1540. The maximum Gasteiger partial charge on any atom is 0.408 e. The fourth-order valence-electron chi connectivity index (χ4n) is 4.16. The molecule has 0 bridgehead atoms. The van der Waals surface area contributed by atoms with Crippen molar-refractivity contribution in [1.29, 1.82) is 0 Å². The van der Waals surface area contributed by atoms with Gasteiger partial charge < -0.3 is 18.9 Å². The van der Waals surface area contributed by atoms with Crippen molar-refractivity contribution >= 4 is 66.1 Å². The van der Waals surface area contributed by atoms with Gasteiger partial charge in [0.05, 0.1) is 24.3 Å². The lowest BCUT2D eigenvalue weighted by molar-refractivity contribution is -0.654. The topological polar surface area (TPSA) is 144 Å². The number of benzene rings is 2. The van der Waals surface area contributed by atoms with Gasteiger partial charge in [0.2, 0.25) is 0 Å². The molecule has 1 aliphatic heterocycles. The number of hydrogen-bond acceptors (Lipinski definition) is 12. The van der Waals surface area contributed by atoms with Crippen molar-refractivity contribution in [3.63, 3.8) is 0 Å². The van der Waals surface area contributed by atoms with Gasteiger partial charge in [-0.25, -0.2) is 9.13 Å². The quantitative estimate of drug-likeness (QED) is 0.131. The highest BCUT2D eigenvalue weighted by molar-refractivity contribution is 7.79. The van der Waals surface area contributed by atoms with Crippen LogP contribution in [-0.4, -0.2) is 43.7 Å². The lowest BCUT2D eigenvalue weighted by Gasteiger charge is -2.37. The number of thiazole rings is 2. The molecule has 0 spiro atoms. The molecule has 3 heterocycles. The average Bonchev–Trinajstić information content (AvgIpc) is 3.53. The number of anilines is 2. The van der Waals surface area contributed by atoms with Crippen LogP contribution in [0.25, 0.3) is 0 Å². The van der Waals surface area contributed by atoms with Crippen LogP contribution >= 0.6 is 22.7 Å². The van der Waals surface area contributed by atoms with Crippen molar-refractivity contribution in [1.82, 2.24) is 0 Å². The second kappa shape index (κ2) is 13.4. The van der Waals surface area contributed by atoms with Crippen LogP contribution in [0, 0.1) is 13.8 Å². The van der Waals surface area contributed by atoms with Crippen LogP contribution in [0.3, 0.4) is 0 Å². The van der Waals surface area contributed by atoms with Gasteiger partial charge in [-0.2, -0.15) is 0 Å². The monoisotopic (exact) mass is 614 g/mol. The molecular formula is C26H30N8O4S3. The second-order valence-electron chi connectivity index (χ2n) is 9.32. The summed E-state index contributed by atoms with van der Waals surface area (Å²) in [5.74, 6) is 0.